The van der Waals surface area contributed by atoms with E-state index in [1.165, 1.54) is 11.8 Å². The van der Waals surface area contributed by atoms with Crippen LogP contribution in [0.1, 0.15) is 46.3 Å². The Morgan fingerprint density at radius 1 is 1.09 bits per heavy atom. The molecule has 0 bridgehead atoms. The maximum absolute atomic E-state index is 12.2. The summed E-state index contributed by atoms with van der Waals surface area (Å²) in [6.45, 7) is 8.96. The molecule has 178 valence electrons. The number of hydrogen-bond acceptors (Lipinski definition) is 9. The highest BCUT2D eigenvalue weighted by Crippen LogP contribution is 2.30. The third kappa shape index (κ3) is 5.48. The highest BCUT2D eigenvalue weighted by atomic mass is 32.2. The van der Waals surface area contributed by atoms with Crippen molar-refractivity contribution in [1.82, 2.24) is 30.2 Å². The lowest BCUT2D eigenvalue weighted by Crippen LogP contribution is -2.44. The van der Waals surface area contributed by atoms with Gasteiger partial charge in [0.1, 0.15) is 11.1 Å². The second kappa shape index (κ2) is 9.34. The predicted octanol–water partition coefficient (Wildman–Crippen LogP) is 4.96. The van der Waals surface area contributed by atoms with Crippen LogP contribution in [0.3, 0.4) is 0 Å². The van der Waals surface area contributed by atoms with Gasteiger partial charge in [-0.3, -0.25) is 4.57 Å². The van der Waals surface area contributed by atoms with Crippen molar-refractivity contribution in [2.45, 2.75) is 56.7 Å². The molecule has 3 heterocycles. The number of nitrogens with zero attached hydrogens (tertiary/aromatic N) is 5. The molecule has 11 heteroatoms. The molecule has 4 rings (SSSR count). The Balaban J connectivity index is 1.50. The number of thioether (sulfide) groups is 1. The molecule has 0 fully saturated rings. The van der Waals surface area contributed by atoms with Crippen molar-refractivity contribution in [3.8, 4) is 17.3 Å². The van der Waals surface area contributed by atoms with Gasteiger partial charge in [-0.2, -0.15) is 4.98 Å². The number of alkyl carbamates (subject to hydrolysis) is 1. The van der Waals surface area contributed by atoms with Gasteiger partial charge in [-0.25, -0.2) is 4.79 Å². The van der Waals surface area contributed by atoms with E-state index in [1.807, 2.05) is 41.0 Å². The van der Waals surface area contributed by atoms with Crippen molar-refractivity contribution in [3.05, 3.63) is 60.4 Å². The van der Waals surface area contributed by atoms with Crippen LogP contribution in [0.25, 0.3) is 17.3 Å². The zero-order valence-electron chi connectivity index (χ0n) is 19.6. The van der Waals surface area contributed by atoms with E-state index in [1.54, 1.807) is 46.9 Å². The van der Waals surface area contributed by atoms with E-state index in [-0.39, 0.29) is 0 Å². The number of rotatable bonds is 7. The number of amides is 1. The maximum Gasteiger partial charge on any atom is 0.408 e. The molecular weight excluding hydrogens is 456 g/mol. The zero-order chi connectivity index (χ0) is 24.3. The van der Waals surface area contributed by atoms with Crippen LogP contribution in [0.4, 0.5) is 4.79 Å². The van der Waals surface area contributed by atoms with Crippen LogP contribution in [-0.2, 0) is 16.0 Å². The standard InChI is InChI=1S/C23H26N6O4S/c1-22(2,3)32-21(30)25-23(4,5)19-24-17(33-28-19)14-34-20-27-26-18(16-12-9-13-31-16)29(20)15-10-7-6-8-11-15/h6-13H,14H2,1-5H3,(H,25,30). The highest BCUT2D eigenvalue weighted by molar-refractivity contribution is 7.98. The molecule has 0 aliphatic carbocycles. The first-order valence-corrected chi connectivity index (χ1v) is 11.6. The average molecular weight is 483 g/mol. The molecule has 34 heavy (non-hydrogen) atoms. The Kier molecular flexibility index (Phi) is 6.47. The van der Waals surface area contributed by atoms with Crippen molar-refractivity contribution < 1.29 is 18.5 Å². The number of para-hydroxylation sites is 1. The van der Waals surface area contributed by atoms with Gasteiger partial charge < -0.3 is 19.0 Å². The summed E-state index contributed by atoms with van der Waals surface area (Å²) in [6.07, 6.45) is 1.04. The Hall–Kier alpha value is -3.60. The van der Waals surface area contributed by atoms with E-state index in [9.17, 15) is 4.79 Å². The van der Waals surface area contributed by atoms with Crippen molar-refractivity contribution in [1.29, 1.82) is 0 Å². The van der Waals surface area contributed by atoms with Crippen molar-refractivity contribution in [3.63, 3.8) is 0 Å². The molecule has 1 aromatic carbocycles. The third-order valence-electron chi connectivity index (χ3n) is 4.55. The Labute approximate surface area is 201 Å². The lowest BCUT2D eigenvalue weighted by Gasteiger charge is -2.26. The van der Waals surface area contributed by atoms with Gasteiger partial charge in [0.2, 0.25) is 11.7 Å². The summed E-state index contributed by atoms with van der Waals surface area (Å²) in [5.41, 5.74) is -0.594. The van der Waals surface area contributed by atoms with Gasteiger partial charge in [0.15, 0.2) is 16.7 Å². The van der Waals surface area contributed by atoms with Gasteiger partial charge in [-0.1, -0.05) is 35.1 Å². The van der Waals surface area contributed by atoms with Gasteiger partial charge in [-0.15, -0.1) is 10.2 Å². The second-order valence-electron chi connectivity index (χ2n) is 9.01. The molecule has 0 saturated heterocycles. The maximum atomic E-state index is 12.2. The van der Waals surface area contributed by atoms with E-state index in [2.05, 4.69) is 25.7 Å². The van der Waals surface area contributed by atoms with Crippen LogP contribution >= 0.6 is 11.8 Å². The number of hydrogen-bond donors (Lipinski definition) is 1. The third-order valence-corrected chi connectivity index (χ3v) is 5.47. The van der Waals surface area contributed by atoms with E-state index in [0.717, 1.165) is 5.69 Å². The minimum absolute atomic E-state index is 0.342. The summed E-state index contributed by atoms with van der Waals surface area (Å²) < 4.78 is 18.2. The number of aromatic nitrogens is 5. The van der Waals surface area contributed by atoms with Crippen LogP contribution in [0.2, 0.25) is 0 Å². The number of carbonyl (C=O) groups is 1. The summed E-state index contributed by atoms with van der Waals surface area (Å²) >= 11 is 1.40. The predicted molar refractivity (Wildman–Crippen MR) is 125 cm³/mol. The zero-order valence-corrected chi connectivity index (χ0v) is 20.4. The van der Waals surface area contributed by atoms with E-state index >= 15 is 0 Å². The minimum Gasteiger partial charge on any atom is -0.461 e. The summed E-state index contributed by atoms with van der Waals surface area (Å²) in [5.74, 6) is 2.29. The first kappa shape index (κ1) is 23.6. The van der Waals surface area contributed by atoms with E-state index in [0.29, 0.717) is 34.2 Å². The molecule has 0 saturated carbocycles. The fourth-order valence-corrected chi connectivity index (χ4v) is 3.84. The van der Waals surface area contributed by atoms with Crippen LogP contribution in [0.5, 0.6) is 0 Å². The number of ether oxygens (including phenoxy) is 1. The lowest BCUT2D eigenvalue weighted by atomic mass is 10.1. The van der Waals surface area contributed by atoms with E-state index in [4.69, 9.17) is 13.7 Å². The van der Waals surface area contributed by atoms with Crippen molar-refractivity contribution in [2.75, 3.05) is 0 Å². The smallest absolute Gasteiger partial charge is 0.408 e. The molecular formula is C23H26N6O4S. The summed E-state index contributed by atoms with van der Waals surface area (Å²) in [5, 5.41) is 16.1. The quantitative estimate of drug-likeness (QED) is 0.364. The second-order valence-corrected chi connectivity index (χ2v) is 9.95. The monoisotopic (exact) mass is 482 g/mol. The molecule has 10 nitrogen and oxygen atoms in total. The fourth-order valence-electron chi connectivity index (χ4n) is 3.05. The molecule has 0 aliphatic rings. The van der Waals surface area contributed by atoms with Gasteiger partial charge in [0.25, 0.3) is 0 Å². The number of furan rings is 1. The Bertz CT molecular complexity index is 1240. The molecule has 1 amide bonds. The van der Waals surface area contributed by atoms with Crippen LogP contribution < -0.4 is 5.32 Å². The molecule has 0 atom stereocenters. The number of carbonyl (C=O) groups excluding carboxylic acids is 1. The first-order valence-electron chi connectivity index (χ1n) is 10.6. The van der Waals surface area contributed by atoms with Crippen LogP contribution in [0.15, 0.2) is 62.8 Å². The number of benzene rings is 1. The summed E-state index contributed by atoms with van der Waals surface area (Å²) in [4.78, 5) is 16.6. The summed E-state index contributed by atoms with van der Waals surface area (Å²) in [6, 6.07) is 13.4. The molecule has 0 spiro atoms. The van der Waals surface area contributed by atoms with Gasteiger partial charge >= 0.3 is 6.09 Å². The molecule has 4 aromatic rings. The number of nitrogens with one attached hydrogen (secondary N) is 1. The molecule has 3 aromatic heterocycles. The van der Waals surface area contributed by atoms with Crippen LogP contribution in [-0.4, -0.2) is 36.6 Å². The normalized spacial score (nSPS) is 12.0. The Morgan fingerprint density at radius 2 is 1.85 bits per heavy atom. The molecule has 1 N–H and O–H groups in total. The lowest BCUT2D eigenvalue weighted by molar-refractivity contribution is 0.0465. The van der Waals surface area contributed by atoms with Crippen molar-refractivity contribution >= 4 is 17.9 Å². The molecule has 0 aliphatic heterocycles. The average Bonchev–Trinajstić information content (AvgIpc) is 3.51. The minimum atomic E-state index is -0.884. The largest absolute Gasteiger partial charge is 0.461 e. The first-order chi connectivity index (χ1) is 16.1. The van der Waals surface area contributed by atoms with Crippen molar-refractivity contribution in [2.24, 2.45) is 0 Å². The van der Waals surface area contributed by atoms with Gasteiger partial charge in [0, 0.05) is 5.69 Å². The SMILES string of the molecule is CC(C)(C)OC(=O)NC(C)(C)c1noc(CSc2nnc(-c3ccco3)n2-c2ccccc2)n1. The Morgan fingerprint density at radius 3 is 2.53 bits per heavy atom. The fraction of sp³-hybridized carbons (Fsp3) is 0.348. The molecule has 0 radical (unpaired) electrons. The topological polar surface area (TPSA) is 121 Å². The summed E-state index contributed by atoms with van der Waals surface area (Å²) in [7, 11) is 0. The van der Waals surface area contributed by atoms with E-state index < -0.39 is 17.2 Å². The van der Waals surface area contributed by atoms with Gasteiger partial charge in [0.05, 0.1) is 12.0 Å². The van der Waals surface area contributed by atoms with Crippen LogP contribution in [0, 0.1) is 0 Å². The van der Waals surface area contributed by atoms with Gasteiger partial charge in [-0.05, 0) is 58.9 Å². The highest BCUT2D eigenvalue weighted by Gasteiger charge is 2.31. The molecule has 0 unspecified atom stereocenters.